The number of alkyl halides is 4. The molecule has 2 rings (SSSR count). The van der Waals surface area contributed by atoms with Crippen LogP contribution in [0.2, 0.25) is 0 Å². The van der Waals surface area contributed by atoms with E-state index in [4.69, 9.17) is 21.2 Å². The lowest BCUT2D eigenvalue weighted by Gasteiger charge is -2.19. The fraction of sp³-hybridized carbons (Fsp3) is 0.714. The van der Waals surface area contributed by atoms with E-state index in [1.54, 1.807) is 13.8 Å². The summed E-state index contributed by atoms with van der Waals surface area (Å²) in [6, 6.07) is 0. The molecule has 0 aliphatic carbocycles. The molecule has 1 aliphatic heterocycles. The second-order valence-electron chi connectivity index (χ2n) is 5.60. The quantitative estimate of drug-likeness (QED) is 0.718. The van der Waals surface area contributed by atoms with Gasteiger partial charge in [-0.2, -0.15) is 18.3 Å². The number of halogens is 4. The highest BCUT2D eigenvalue weighted by Gasteiger charge is 2.42. The highest BCUT2D eigenvalue weighted by molar-refractivity contribution is 8.14. The van der Waals surface area contributed by atoms with E-state index in [0.29, 0.717) is 17.9 Å². The number of oxime groups is 1. The summed E-state index contributed by atoms with van der Waals surface area (Å²) in [6.07, 6.45) is -3.65. The van der Waals surface area contributed by atoms with Crippen LogP contribution in [-0.2, 0) is 11.0 Å². The maximum absolute atomic E-state index is 13.3. The number of hydrogen-bond donors (Lipinski definition) is 1. The lowest BCUT2D eigenvalue weighted by atomic mass is 10.1. The molecule has 0 radical (unpaired) electrons. The molecule has 24 heavy (non-hydrogen) atoms. The van der Waals surface area contributed by atoms with Crippen molar-refractivity contribution in [3.05, 3.63) is 11.3 Å². The molecule has 1 aliphatic rings. The monoisotopic (exact) mass is 385 g/mol. The van der Waals surface area contributed by atoms with Gasteiger partial charge in [0.15, 0.2) is 11.3 Å². The van der Waals surface area contributed by atoms with Gasteiger partial charge in [-0.05, 0) is 20.3 Å². The van der Waals surface area contributed by atoms with Crippen LogP contribution in [0.25, 0.3) is 0 Å². The Kier molecular flexibility index (Phi) is 5.95. The SMILES string of the molecule is CCOc1[nH]nc(C(F)(F)F)c1C(CC)SC1=NOC(C)(CCl)C1. The Labute approximate surface area is 147 Å². The van der Waals surface area contributed by atoms with Crippen LogP contribution in [0.5, 0.6) is 5.88 Å². The summed E-state index contributed by atoms with van der Waals surface area (Å²) in [5.41, 5.74) is -1.56. The maximum Gasteiger partial charge on any atom is 0.435 e. The standard InChI is InChI=1S/C14H19ClF3N3O2S/c1-4-8(24-9-6-13(3,7-15)23-21-9)10-11(14(16,17)18)19-20-12(10)22-5-2/h8H,4-7H2,1-3H3,(H,19,20). The van der Waals surface area contributed by atoms with Gasteiger partial charge in [-0.25, -0.2) is 5.10 Å². The van der Waals surface area contributed by atoms with Crippen LogP contribution < -0.4 is 4.74 Å². The van der Waals surface area contributed by atoms with Gasteiger partial charge in [0.2, 0.25) is 5.88 Å². The molecule has 2 heterocycles. The van der Waals surface area contributed by atoms with Crippen molar-refractivity contribution in [1.82, 2.24) is 10.2 Å². The van der Waals surface area contributed by atoms with E-state index >= 15 is 0 Å². The number of nitrogens with zero attached hydrogens (tertiary/aromatic N) is 2. The molecule has 2 unspecified atom stereocenters. The summed E-state index contributed by atoms with van der Waals surface area (Å²) in [7, 11) is 0. The minimum absolute atomic E-state index is 0.0130. The Morgan fingerprint density at radius 3 is 2.67 bits per heavy atom. The van der Waals surface area contributed by atoms with Gasteiger partial charge < -0.3 is 9.57 Å². The summed E-state index contributed by atoms with van der Waals surface area (Å²) in [5.74, 6) is 0.296. The fourth-order valence-corrected chi connectivity index (χ4v) is 3.74. The molecule has 0 saturated heterocycles. The summed E-state index contributed by atoms with van der Waals surface area (Å²) >= 11 is 7.07. The van der Waals surface area contributed by atoms with E-state index < -0.39 is 22.7 Å². The summed E-state index contributed by atoms with van der Waals surface area (Å²) < 4.78 is 45.1. The van der Waals surface area contributed by atoms with Crippen LogP contribution in [0.1, 0.15) is 50.1 Å². The first-order valence-electron chi connectivity index (χ1n) is 7.50. The van der Waals surface area contributed by atoms with Gasteiger partial charge in [0.1, 0.15) is 5.04 Å². The van der Waals surface area contributed by atoms with Gasteiger partial charge in [0.25, 0.3) is 0 Å². The van der Waals surface area contributed by atoms with E-state index in [-0.39, 0.29) is 23.9 Å². The van der Waals surface area contributed by atoms with Crippen LogP contribution in [0.4, 0.5) is 13.2 Å². The Bertz CT molecular complexity index is 609. The predicted molar refractivity (Wildman–Crippen MR) is 87.6 cm³/mol. The van der Waals surface area contributed by atoms with E-state index in [9.17, 15) is 13.2 Å². The number of thioether (sulfide) groups is 1. The molecule has 10 heteroatoms. The second kappa shape index (κ2) is 7.43. The fourth-order valence-electron chi connectivity index (χ4n) is 2.29. The van der Waals surface area contributed by atoms with Crippen molar-refractivity contribution in [3.8, 4) is 5.88 Å². The summed E-state index contributed by atoms with van der Waals surface area (Å²) in [6.45, 7) is 5.55. The molecule has 0 amide bonds. The van der Waals surface area contributed by atoms with Crippen molar-refractivity contribution in [2.45, 2.75) is 50.6 Å². The van der Waals surface area contributed by atoms with E-state index in [1.165, 1.54) is 11.8 Å². The number of nitrogens with one attached hydrogen (secondary N) is 1. The first-order chi connectivity index (χ1) is 11.2. The largest absolute Gasteiger partial charge is 0.478 e. The minimum Gasteiger partial charge on any atom is -0.478 e. The maximum atomic E-state index is 13.3. The van der Waals surface area contributed by atoms with Crippen LogP contribution in [-0.4, -0.2) is 33.3 Å². The molecule has 2 atom stereocenters. The zero-order valence-electron chi connectivity index (χ0n) is 13.5. The van der Waals surface area contributed by atoms with Crippen molar-refractivity contribution < 1.29 is 22.7 Å². The highest BCUT2D eigenvalue weighted by Crippen LogP contribution is 2.46. The topological polar surface area (TPSA) is 59.5 Å². The smallest absolute Gasteiger partial charge is 0.435 e. The molecule has 0 spiro atoms. The molecule has 1 aromatic heterocycles. The van der Waals surface area contributed by atoms with E-state index in [0.717, 1.165) is 0 Å². The first kappa shape index (κ1) is 19.2. The lowest BCUT2D eigenvalue weighted by Crippen LogP contribution is -2.26. The molecular weight excluding hydrogens is 367 g/mol. The van der Waals surface area contributed by atoms with Crippen molar-refractivity contribution in [1.29, 1.82) is 0 Å². The number of aromatic nitrogens is 2. The van der Waals surface area contributed by atoms with Gasteiger partial charge in [-0.1, -0.05) is 23.8 Å². The summed E-state index contributed by atoms with van der Waals surface area (Å²) in [5, 5.41) is 9.83. The number of ether oxygens (including phenoxy) is 1. The molecule has 0 fully saturated rings. The van der Waals surface area contributed by atoms with Crippen molar-refractivity contribution in [3.63, 3.8) is 0 Å². The lowest BCUT2D eigenvalue weighted by molar-refractivity contribution is -0.141. The number of H-pyrrole nitrogens is 1. The Morgan fingerprint density at radius 2 is 2.17 bits per heavy atom. The van der Waals surface area contributed by atoms with Crippen LogP contribution in [0.3, 0.4) is 0 Å². The third-order valence-corrected chi connectivity index (χ3v) is 5.38. The highest BCUT2D eigenvalue weighted by atomic mass is 35.5. The molecule has 136 valence electrons. The Hall–Kier alpha value is -1.09. The average molecular weight is 386 g/mol. The third-order valence-electron chi connectivity index (χ3n) is 3.47. The van der Waals surface area contributed by atoms with Crippen molar-refractivity contribution in [2.75, 3.05) is 12.5 Å². The van der Waals surface area contributed by atoms with E-state index in [1.807, 2.05) is 6.92 Å². The third kappa shape index (κ3) is 4.11. The first-order valence-corrected chi connectivity index (χ1v) is 8.91. The van der Waals surface area contributed by atoms with Crippen LogP contribution in [0, 0.1) is 0 Å². The number of rotatable bonds is 6. The molecule has 0 bridgehead atoms. The molecule has 5 nitrogen and oxygen atoms in total. The zero-order chi connectivity index (χ0) is 18.0. The van der Waals surface area contributed by atoms with Gasteiger partial charge >= 0.3 is 6.18 Å². The van der Waals surface area contributed by atoms with Gasteiger partial charge in [-0.15, -0.1) is 11.6 Å². The average Bonchev–Trinajstić information content (AvgIpc) is 3.10. The predicted octanol–water partition coefficient (Wildman–Crippen LogP) is 4.74. The molecule has 0 aromatic carbocycles. The van der Waals surface area contributed by atoms with Crippen LogP contribution >= 0.6 is 23.4 Å². The Balaban J connectivity index is 2.28. The molecule has 1 aromatic rings. The zero-order valence-corrected chi connectivity index (χ0v) is 15.1. The minimum atomic E-state index is -4.56. The van der Waals surface area contributed by atoms with Crippen molar-refractivity contribution in [2.24, 2.45) is 5.16 Å². The number of aromatic amines is 1. The summed E-state index contributed by atoms with van der Waals surface area (Å²) in [4.78, 5) is 5.30. The van der Waals surface area contributed by atoms with Crippen molar-refractivity contribution >= 4 is 28.4 Å². The second-order valence-corrected chi connectivity index (χ2v) is 7.14. The van der Waals surface area contributed by atoms with Gasteiger partial charge in [0, 0.05) is 11.7 Å². The van der Waals surface area contributed by atoms with Crippen LogP contribution in [0.15, 0.2) is 5.16 Å². The van der Waals surface area contributed by atoms with Gasteiger partial charge in [0.05, 0.1) is 18.1 Å². The molecule has 1 N–H and O–H groups in total. The Morgan fingerprint density at radius 1 is 1.46 bits per heavy atom. The van der Waals surface area contributed by atoms with Gasteiger partial charge in [-0.3, -0.25) is 0 Å². The molecule has 0 saturated carbocycles. The number of hydrogen-bond acceptors (Lipinski definition) is 5. The normalized spacial score (nSPS) is 22.2. The van der Waals surface area contributed by atoms with E-state index in [2.05, 4.69) is 15.4 Å². The molecular formula is C14H19ClF3N3O2S.